The van der Waals surface area contributed by atoms with E-state index in [0.29, 0.717) is 12.1 Å². The van der Waals surface area contributed by atoms with Crippen molar-refractivity contribution in [3.8, 4) is 0 Å². The van der Waals surface area contributed by atoms with E-state index >= 15 is 0 Å². The Morgan fingerprint density at radius 2 is 2.17 bits per heavy atom. The Bertz CT molecular complexity index is 682. The average Bonchev–Trinajstić information content (AvgIpc) is 3.08. The van der Waals surface area contributed by atoms with Crippen molar-refractivity contribution in [2.75, 3.05) is 26.2 Å². The molecule has 0 saturated carbocycles. The minimum Gasteiger partial charge on any atom is -0.347 e. The van der Waals surface area contributed by atoms with Gasteiger partial charge < -0.3 is 9.88 Å². The number of amides is 1. The number of likely N-dealkylation sites (N-methyl/N-ethyl adjacent to an activating group) is 1. The van der Waals surface area contributed by atoms with Crippen LogP contribution in [0.15, 0.2) is 24.5 Å². The molecule has 1 amide bonds. The lowest BCUT2D eigenvalue weighted by Crippen LogP contribution is -2.50. The van der Waals surface area contributed by atoms with Gasteiger partial charge in [0.2, 0.25) is 0 Å². The fourth-order valence-corrected chi connectivity index (χ4v) is 3.19. The Morgan fingerprint density at radius 1 is 1.35 bits per heavy atom. The standard InChI is InChI=1S/C17H23N5O/c1-4-21-9-10-22(11-15(21)16-18-7-8-19-16)17(23)14-6-5-12(2)20-13(14)3/h5-8,15H,4,9-11H2,1-3H3,(H,18,19)/t15-/m1/s1. The summed E-state index contributed by atoms with van der Waals surface area (Å²) in [7, 11) is 0. The van der Waals surface area contributed by atoms with Crippen molar-refractivity contribution in [3.05, 3.63) is 47.3 Å². The molecule has 1 N–H and O–H groups in total. The van der Waals surface area contributed by atoms with E-state index in [4.69, 9.17) is 0 Å². The number of H-pyrrole nitrogens is 1. The quantitative estimate of drug-likeness (QED) is 0.940. The van der Waals surface area contributed by atoms with Crippen LogP contribution in [0.25, 0.3) is 0 Å². The van der Waals surface area contributed by atoms with Crippen molar-refractivity contribution in [1.29, 1.82) is 0 Å². The molecule has 2 aromatic heterocycles. The van der Waals surface area contributed by atoms with Crippen LogP contribution in [0, 0.1) is 13.8 Å². The van der Waals surface area contributed by atoms with Crippen molar-refractivity contribution in [3.63, 3.8) is 0 Å². The van der Waals surface area contributed by atoms with Gasteiger partial charge in [-0.2, -0.15) is 0 Å². The van der Waals surface area contributed by atoms with Crippen LogP contribution in [0.1, 0.15) is 40.5 Å². The summed E-state index contributed by atoms with van der Waals surface area (Å²) in [5.41, 5.74) is 2.42. The Kier molecular flexibility index (Phi) is 4.43. The predicted molar refractivity (Wildman–Crippen MR) is 88.2 cm³/mol. The van der Waals surface area contributed by atoms with E-state index in [1.807, 2.05) is 37.1 Å². The largest absolute Gasteiger partial charge is 0.347 e. The highest BCUT2D eigenvalue weighted by molar-refractivity contribution is 5.95. The van der Waals surface area contributed by atoms with E-state index in [1.165, 1.54) is 0 Å². The number of nitrogens with one attached hydrogen (secondary N) is 1. The average molecular weight is 313 g/mol. The third kappa shape index (κ3) is 3.12. The lowest BCUT2D eigenvalue weighted by molar-refractivity contribution is 0.0479. The monoisotopic (exact) mass is 313 g/mol. The fourth-order valence-electron chi connectivity index (χ4n) is 3.19. The number of aromatic nitrogens is 3. The summed E-state index contributed by atoms with van der Waals surface area (Å²) in [5.74, 6) is 0.977. The number of imidazole rings is 1. The predicted octanol–water partition coefficient (Wildman–Crippen LogP) is 1.94. The molecule has 2 aromatic rings. The first-order valence-electron chi connectivity index (χ1n) is 8.07. The third-order valence-electron chi connectivity index (χ3n) is 4.48. The first-order valence-corrected chi connectivity index (χ1v) is 8.07. The van der Waals surface area contributed by atoms with Crippen molar-refractivity contribution >= 4 is 5.91 Å². The van der Waals surface area contributed by atoms with Crippen molar-refractivity contribution in [2.24, 2.45) is 0 Å². The molecule has 3 heterocycles. The van der Waals surface area contributed by atoms with Crippen LogP contribution in [-0.4, -0.2) is 56.8 Å². The molecule has 6 heteroatoms. The molecular formula is C17H23N5O. The van der Waals surface area contributed by atoms with Crippen molar-refractivity contribution in [1.82, 2.24) is 24.8 Å². The minimum absolute atomic E-state index is 0.0577. The third-order valence-corrected chi connectivity index (χ3v) is 4.48. The van der Waals surface area contributed by atoms with Crippen LogP contribution >= 0.6 is 0 Å². The van der Waals surface area contributed by atoms with Crippen LogP contribution in [0.5, 0.6) is 0 Å². The van der Waals surface area contributed by atoms with E-state index in [2.05, 4.69) is 26.8 Å². The summed E-state index contributed by atoms with van der Waals surface area (Å²) in [4.78, 5) is 29.1. The molecule has 1 fully saturated rings. The van der Waals surface area contributed by atoms with Gasteiger partial charge in [0.1, 0.15) is 5.82 Å². The number of piperazine rings is 1. The van der Waals surface area contributed by atoms with Gasteiger partial charge in [0, 0.05) is 37.7 Å². The molecule has 1 saturated heterocycles. The van der Waals surface area contributed by atoms with E-state index in [9.17, 15) is 4.79 Å². The van der Waals surface area contributed by atoms with Crippen LogP contribution in [-0.2, 0) is 0 Å². The number of rotatable bonds is 3. The second kappa shape index (κ2) is 6.50. The summed E-state index contributed by atoms with van der Waals surface area (Å²) in [5, 5.41) is 0. The minimum atomic E-state index is 0.0577. The summed E-state index contributed by atoms with van der Waals surface area (Å²) >= 11 is 0. The molecule has 0 spiro atoms. The van der Waals surface area contributed by atoms with E-state index in [-0.39, 0.29) is 11.9 Å². The number of nitrogens with zero attached hydrogens (tertiary/aromatic N) is 4. The topological polar surface area (TPSA) is 65.1 Å². The normalized spacial score (nSPS) is 19.1. The lowest BCUT2D eigenvalue weighted by atomic mass is 10.1. The van der Waals surface area contributed by atoms with Gasteiger partial charge in [-0.3, -0.25) is 14.7 Å². The smallest absolute Gasteiger partial charge is 0.255 e. The Morgan fingerprint density at radius 3 is 2.83 bits per heavy atom. The number of pyridine rings is 1. The van der Waals surface area contributed by atoms with Gasteiger partial charge in [-0.25, -0.2) is 4.98 Å². The van der Waals surface area contributed by atoms with E-state index in [1.54, 1.807) is 6.20 Å². The summed E-state index contributed by atoms with van der Waals surface area (Å²) in [6, 6.07) is 3.90. The zero-order valence-electron chi connectivity index (χ0n) is 13.9. The van der Waals surface area contributed by atoms with Crippen LogP contribution < -0.4 is 0 Å². The molecule has 1 aliphatic heterocycles. The molecule has 6 nitrogen and oxygen atoms in total. The highest BCUT2D eigenvalue weighted by Gasteiger charge is 2.32. The molecule has 0 radical (unpaired) electrons. The van der Waals surface area contributed by atoms with Crippen LogP contribution in [0.4, 0.5) is 0 Å². The summed E-state index contributed by atoms with van der Waals surface area (Å²) in [6.07, 6.45) is 3.59. The van der Waals surface area contributed by atoms with E-state index in [0.717, 1.165) is 36.8 Å². The Labute approximate surface area is 136 Å². The zero-order valence-corrected chi connectivity index (χ0v) is 13.9. The molecular weight excluding hydrogens is 290 g/mol. The maximum atomic E-state index is 12.9. The molecule has 23 heavy (non-hydrogen) atoms. The summed E-state index contributed by atoms with van der Waals surface area (Å²) in [6.45, 7) is 9.15. The number of aromatic amines is 1. The molecule has 1 atom stereocenters. The Balaban J connectivity index is 1.82. The molecule has 1 aliphatic rings. The van der Waals surface area contributed by atoms with Crippen LogP contribution in [0.3, 0.4) is 0 Å². The molecule has 0 aliphatic carbocycles. The van der Waals surface area contributed by atoms with Gasteiger partial charge in [0.25, 0.3) is 5.91 Å². The number of hydrogen-bond acceptors (Lipinski definition) is 4. The molecule has 0 unspecified atom stereocenters. The molecule has 3 rings (SSSR count). The summed E-state index contributed by atoms with van der Waals surface area (Å²) < 4.78 is 0. The first kappa shape index (κ1) is 15.7. The molecule has 0 aromatic carbocycles. The maximum Gasteiger partial charge on any atom is 0.255 e. The van der Waals surface area contributed by atoms with Gasteiger partial charge in [0.05, 0.1) is 17.3 Å². The second-order valence-corrected chi connectivity index (χ2v) is 5.96. The zero-order chi connectivity index (χ0) is 16.4. The number of aryl methyl sites for hydroxylation is 2. The lowest BCUT2D eigenvalue weighted by Gasteiger charge is -2.40. The second-order valence-electron chi connectivity index (χ2n) is 5.96. The van der Waals surface area contributed by atoms with Gasteiger partial charge in [0.15, 0.2) is 0 Å². The maximum absolute atomic E-state index is 12.9. The Hall–Kier alpha value is -2.21. The first-order chi connectivity index (χ1) is 11.1. The van der Waals surface area contributed by atoms with E-state index < -0.39 is 0 Å². The fraction of sp³-hybridized carbons (Fsp3) is 0.471. The number of hydrogen-bond donors (Lipinski definition) is 1. The number of carbonyl (C=O) groups excluding carboxylic acids is 1. The molecule has 0 bridgehead atoms. The van der Waals surface area contributed by atoms with Gasteiger partial charge in [-0.15, -0.1) is 0 Å². The van der Waals surface area contributed by atoms with Gasteiger partial charge >= 0.3 is 0 Å². The SMILES string of the molecule is CCN1CCN(C(=O)c2ccc(C)nc2C)C[C@@H]1c1ncc[nH]1. The van der Waals surface area contributed by atoms with Gasteiger partial charge in [-0.05, 0) is 32.5 Å². The van der Waals surface area contributed by atoms with Crippen molar-refractivity contribution < 1.29 is 4.79 Å². The highest BCUT2D eigenvalue weighted by atomic mass is 16.2. The molecule has 122 valence electrons. The van der Waals surface area contributed by atoms with Crippen LogP contribution in [0.2, 0.25) is 0 Å². The van der Waals surface area contributed by atoms with Crippen molar-refractivity contribution in [2.45, 2.75) is 26.8 Å². The number of carbonyl (C=O) groups is 1. The highest BCUT2D eigenvalue weighted by Crippen LogP contribution is 2.24. The van der Waals surface area contributed by atoms with Gasteiger partial charge in [-0.1, -0.05) is 6.92 Å².